The Morgan fingerprint density at radius 1 is 1.41 bits per heavy atom. The van der Waals surface area contributed by atoms with Crippen LogP contribution in [0.15, 0.2) is 0 Å². The summed E-state index contributed by atoms with van der Waals surface area (Å²) in [6, 6.07) is -1.57. The van der Waals surface area contributed by atoms with Crippen LogP contribution in [0.3, 0.4) is 0 Å². The Morgan fingerprint density at radius 3 is 2.45 bits per heavy atom. The van der Waals surface area contributed by atoms with Gasteiger partial charge in [0.15, 0.2) is 0 Å². The maximum absolute atomic E-state index is 12.3. The van der Waals surface area contributed by atoms with E-state index in [2.05, 4.69) is 5.32 Å². The summed E-state index contributed by atoms with van der Waals surface area (Å²) in [5.74, 6) is -1.22. The molecule has 0 radical (unpaired) electrons. The number of carbonyl (C=O) groups excluding carboxylic acids is 2. The molecule has 2 amide bonds. The maximum atomic E-state index is 12.3. The first kappa shape index (κ1) is 18.3. The van der Waals surface area contributed by atoms with Gasteiger partial charge < -0.3 is 20.1 Å². The van der Waals surface area contributed by atoms with E-state index in [1.807, 2.05) is 13.8 Å². The molecule has 2 atom stereocenters. The fourth-order valence-corrected chi connectivity index (χ4v) is 2.40. The molecule has 0 aliphatic carbocycles. The molecule has 0 aromatic carbocycles. The predicted molar refractivity (Wildman–Crippen MR) is 80.4 cm³/mol. The number of nitrogens with zero attached hydrogens (tertiary/aromatic N) is 1. The Balaban J connectivity index is 2.68. The molecule has 0 bridgehead atoms. The Kier molecular flexibility index (Phi) is 5.79. The van der Waals surface area contributed by atoms with Crippen molar-refractivity contribution in [2.45, 2.75) is 65.1 Å². The van der Waals surface area contributed by atoms with Gasteiger partial charge in [0.1, 0.15) is 17.7 Å². The molecule has 2 N–H and O–H groups in total. The van der Waals surface area contributed by atoms with Crippen LogP contribution in [0.2, 0.25) is 0 Å². The molecular formula is C15H26N2O5. The molecule has 126 valence electrons. The zero-order valence-electron chi connectivity index (χ0n) is 13.9. The Morgan fingerprint density at radius 2 is 2.00 bits per heavy atom. The number of rotatable bonds is 5. The second-order valence-electron chi connectivity index (χ2n) is 7.00. The fourth-order valence-electron chi connectivity index (χ4n) is 2.40. The first-order valence-corrected chi connectivity index (χ1v) is 7.54. The lowest BCUT2D eigenvalue weighted by molar-refractivity contribution is -0.149. The number of alkyl carbamates (subject to hydrolysis) is 1. The van der Waals surface area contributed by atoms with Crippen molar-refractivity contribution in [2.24, 2.45) is 5.92 Å². The Labute approximate surface area is 131 Å². The number of hydrogen-bond donors (Lipinski definition) is 2. The normalized spacial score (nSPS) is 20.2. The van der Waals surface area contributed by atoms with E-state index in [4.69, 9.17) is 4.74 Å². The average molecular weight is 314 g/mol. The molecule has 0 saturated carbocycles. The quantitative estimate of drug-likeness (QED) is 0.803. The average Bonchev–Trinajstić information content (AvgIpc) is 2.65. The van der Waals surface area contributed by atoms with E-state index in [9.17, 15) is 19.5 Å². The van der Waals surface area contributed by atoms with Crippen molar-refractivity contribution in [3.63, 3.8) is 0 Å². The van der Waals surface area contributed by atoms with Crippen LogP contribution in [0.25, 0.3) is 0 Å². The van der Waals surface area contributed by atoms with E-state index in [1.54, 1.807) is 20.8 Å². The predicted octanol–water partition coefficient (Wildman–Crippen LogP) is 1.61. The number of likely N-dealkylation sites (tertiary alicyclic amines) is 1. The largest absolute Gasteiger partial charge is 0.480 e. The third-order valence-corrected chi connectivity index (χ3v) is 3.29. The molecule has 1 heterocycles. The highest BCUT2D eigenvalue weighted by Gasteiger charge is 2.40. The van der Waals surface area contributed by atoms with Gasteiger partial charge >= 0.3 is 12.1 Å². The van der Waals surface area contributed by atoms with Crippen LogP contribution in [0.4, 0.5) is 4.79 Å². The van der Waals surface area contributed by atoms with Crippen molar-refractivity contribution in [3.05, 3.63) is 0 Å². The molecule has 7 nitrogen and oxygen atoms in total. The summed E-state index contributed by atoms with van der Waals surface area (Å²) < 4.78 is 5.12. The SMILES string of the molecule is CC(C)C[C@@H](C(=O)O)N1CC[C@H](NC(=O)OC(C)(C)C)C1=O. The summed E-state index contributed by atoms with van der Waals surface area (Å²) >= 11 is 0. The summed E-state index contributed by atoms with van der Waals surface area (Å²) in [6.07, 6.45) is 0.114. The molecule has 0 aromatic heterocycles. The van der Waals surface area contributed by atoms with Gasteiger partial charge in [-0.3, -0.25) is 4.79 Å². The van der Waals surface area contributed by atoms with Gasteiger partial charge in [0.25, 0.3) is 0 Å². The number of hydrogen-bond acceptors (Lipinski definition) is 4. The van der Waals surface area contributed by atoms with Crippen LogP contribution < -0.4 is 5.32 Å². The van der Waals surface area contributed by atoms with Gasteiger partial charge in [-0.2, -0.15) is 0 Å². The van der Waals surface area contributed by atoms with Gasteiger partial charge in [0.2, 0.25) is 5.91 Å². The van der Waals surface area contributed by atoms with Gasteiger partial charge in [-0.25, -0.2) is 9.59 Å². The van der Waals surface area contributed by atoms with Gasteiger partial charge in [0, 0.05) is 6.54 Å². The topological polar surface area (TPSA) is 95.9 Å². The minimum atomic E-state index is -1.01. The maximum Gasteiger partial charge on any atom is 0.408 e. The van der Waals surface area contributed by atoms with Crippen molar-refractivity contribution in [1.82, 2.24) is 10.2 Å². The zero-order chi connectivity index (χ0) is 17.1. The minimum absolute atomic E-state index is 0.159. The van der Waals surface area contributed by atoms with Crippen molar-refractivity contribution in [2.75, 3.05) is 6.54 Å². The van der Waals surface area contributed by atoms with Crippen LogP contribution in [0, 0.1) is 5.92 Å². The first-order valence-electron chi connectivity index (χ1n) is 7.54. The molecule has 1 fully saturated rings. The molecule has 1 saturated heterocycles. The lowest BCUT2D eigenvalue weighted by Crippen LogP contribution is -2.48. The number of aliphatic carboxylic acids is 1. The van der Waals surface area contributed by atoms with Crippen molar-refractivity contribution in [1.29, 1.82) is 0 Å². The van der Waals surface area contributed by atoms with Gasteiger partial charge in [0.05, 0.1) is 0 Å². The number of carbonyl (C=O) groups is 3. The lowest BCUT2D eigenvalue weighted by Gasteiger charge is -2.26. The summed E-state index contributed by atoms with van der Waals surface area (Å²) in [5.41, 5.74) is -0.646. The Bertz CT molecular complexity index is 442. The summed E-state index contributed by atoms with van der Waals surface area (Å²) in [7, 11) is 0. The monoisotopic (exact) mass is 314 g/mol. The second-order valence-corrected chi connectivity index (χ2v) is 7.00. The van der Waals surface area contributed by atoms with E-state index in [0.717, 1.165) is 0 Å². The summed E-state index contributed by atoms with van der Waals surface area (Å²) in [4.78, 5) is 36.8. The number of ether oxygens (including phenoxy) is 1. The molecule has 1 aliphatic heterocycles. The van der Waals surface area contributed by atoms with Crippen molar-refractivity contribution < 1.29 is 24.2 Å². The smallest absolute Gasteiger partial charge is 0.408 e. The van der Waals surface area contributed by atoms with Crippen molar-refractivity contribution in [3.8, 4) is 0 Å². The van der Waals surface area contributed by atoms with Gasteiger partial charge in [-0.15, -0.1) is 0 Å². The molecule has 7 heteroatoms. The summed E-state index contributed by atoms with van der Waals surface area (Å²) in [6.45, 7) is 9.35. The standard InChI is InChI=1S/C15H26N2O5/c1-9(2)8-11(13(19)20)17-7-6-10(12(17)18)16-14(21)22-15(3,4)5/h9-11H,6-8H2,1-5H3,(H,16,21)(H,19,20)/t10-,11-/m0/s1. The molecule has 22 heavy (non-hydrogen) atoms. The zero-order valence-corrected chi connectivity index (χ0v) is 13.9. The van der Waals surface area contributed by atoms with Crippen molar-refractivity contribution >= 4 is 18.0 Å². The van der Waals surface area contributed by atoms with E-state index in [1.165, 1.54) is 4.90 Å². The third kappa shape index (κ3) is 5.20. The summed E-state index contributed by atoms with van der Waals surface area (Å²) in [5, 5.41) is 11.8. The third-order valence-electron chi connectivity index (χ3n) is 3.29. The highest BCUT2D eigenvalue weighted by atomic mass is 16.6. The van der Waals surface area contributed by atoms with E-state index in [-0.39, 0.29) is 11.8 Å². The van der Waals surface area contributed by atoms with Gasteiger partial charge in [-0.05, 0) is 39.5 Å². The highest BCUT2D eigenvalue weighted by Crippen LogP contribution is 2.20. The molecule has 0 spiro atoms. The van der Waals surface area contributed by atoms with E-state index < -0.39 is 29.7 Å². The fraction of sp³-hybridized carbons (Fsp3) is 0.800. The first-order chi connectivity index (χ1) is 10.0. The lowest BCUT2D eigenvalue weighted by atomic mass is 10.0. The molecule has 0 unspecified atom stereocenters. The Hall–Kier alpha value is -1.79. The molecule has 1 aliphatic rings. The van der Waals surface area contributed by atoms with E-state index >= 15 is 0 Å². The van der Waals surface area contributed by atoms with Crippen LogP contribution in [0.1, 0.15) is 47.5 Å². The number of carboxylic acids is 1. The second kappa shape index (κ2) is 6.98. The molecule has 0 aromatic rings. The van der Waals surface area contributed by atoms with Crippen LogP contribution >= 0.6 is 0 Å². The molecule has 1 rings (SSSR count). The number of amides is 2. The number of nitrogens with one attached hydrogen (secondary N) is 1. The van der Waals surface area contributed by atoms with Crippen LogP contribution in [0.5, 0.6) is 0 Å². The minimum Gasteiger partial charge on any atom is -0.480 e. The van der Waals surface area contributed by atoms with Crippen LogP contribution in [-0.2, 0) is 14.3 Å². The molecular weight excluding hydrogens is 288 g/mol. The highest BCUT2D eigenvalue weighted by molar-refractivity contribution is 5.91. The van der Waals surface area contributed by atoms with Gasteiger partial charge in [-0.1, -0.05) is 13.8 Å². The number of carboxylic acid groups (broad SMARTS) is 1. The van der Waals surface area contributed by atoms with E-state index in [0.29, 0.717) is 19.4 Å². The van der Waals surface area contributed by atoms with Crippen LogP contribution in [-0.4, -0.2) is 52.2 Å².